The quantitative estimate of drug-likeness (QED) is 0.816. The third-order valence-corrected chi connectivity index (χ3v) is 4.44. The SMILES string of the molecule is COCCN1C(=O)CCc2cc(NC(=O)COc3cccc(C)c3)ccc21. The van der Waals surface area contributed by atoms with Gasteiger partial charge in [-0.15, -0.1) is 0 Å². The van der Waals surface area contributed by atoms with Gasteiger partial charge in [-0.25, -0.2) is 0 Å². The number of rotatable bonds is 7. The highest BCUT2D eigenvalue weighted by atomic mass is 16.5. The predicted molar refractivity (Wildman–Crippen MR) is 104 cm³/mol. The molecule has 142 valence electrons. The van der Waals surface area contributed by atoms with Gasteiger partial charge in [0.05, 0.1) is 6.61 Å². The molecule has 0 aliphatic carbocycles. The number of aryl methyl sites for hydroxylation is 2. The molecule has 1 N–H and O–H groups in total. The highest BCUT2D eigenvalue weighted by Gasteiger charge is 2.24. The van der Waals surface area contributed by atoms with Gasteiger partial charge in [-0.05, 0) is 54.8 Å². The number of amides is 2. The molecule has 1 aliphatic rings. The minimum Gasteiger partial charge on any atom is -0.484 e. The first-order valence-electron chi connectivity index (χ1n) is 8.98. The maximum atomic E-state index is 12.2. The molecule has 0 fully saturated rings. The number of nitrogens with one attached hydrogen (secondary N) is 1. The van der Waals surface area contributed by atoms with Crippen molar-refractivity contribution in [3.63, 3.8) is 0 Å². The van der Waals surface area contributed by atoms with Crippen molar-refractivity contribution >= 4 is 23.2 Å². The van der Waals surface area contributed by atoms with Crippen LogP contribution in [0.5, 0.6) is 5.75 Å². The zero-order chi connectivity index (χ0) is 19.2. The monoisotopic (exact) mass is 368 g/mol. The second kappa shape index (κ2) is 8.68. The van der Waals surface area contributed by atoms with E-state index in [0.717, 1.165) is 16.8 Å². The Kier molecular flexibility index (Phi) is 6.08. The Morgan fingerprint density at radius 1 is 1.19 bits per heavy atom. The number of methoxy groups -OCH3 is 1. The van der Waals surface area contributed by atoms with E-state index >= 15 is 0 Å². The van der Waals surface area contributed by atoms with Crippen molar-refractivity contribution in [3.05, 3.63) is 53.6 Å². The van der Waals surface area contributed by atoms with Crippen molar-refractivity contribution in [1.29, 1.82) is 0 Å². The van der Waals surface area contributed by atoms with Gasteiger partial charge in [0.1, 0.15) is 5.75 Å². The molecule has 0 saturated heterocycles. The lowest BCUT2D eigenvalue weighted by Gasteiger charge is -2.29. The van der Waals surface area contributed by atoms with Crippen LogP contribution in [0.1, 0.15) is 17.5 Å². The van der Waals surface area contributed by atoms with E-state index in [-0.39, 0.29) is 18.4 Å². The number of carbonyl (C=O) groups is 2. The van der Waals surface area contributed by atoms with Crippen molar-refractivity contribution in [2.75, 3.05) is 37.1 Å². The van der Waals surface area contributed by atoms with Crippen molar-refractivity contribution in [1.82, 2.24) is 0 Å². The summed E-state index contributed by atoms with van der Waals surface area (Å²) in [6, 6.07) is 13.2. The smallest absolute Gasteiger partial charge is 0.262 e. The topological polar surface area (TPSA) is 67.9 Å². The molecule has 1 aliphatic heterocycles. The molecule has 6 nitrogen and oxygen atoms in total. The molecule has 0 unspecified atom stereocenters. The molecule has 27 heavy (non-hydrogen) atoms. The maximum absolute atomic E-state index is 12.2. The molecule has 0 atom stereocenters. The van der Waals surface area contributed by atoms with E-state index in [1.54, 1.807) is 12.0 Å². The summed E-state index contributed by atoms with van der Waals surface area (Å²) in [5.74, 6) is 0.547. The largest absolute Gasteiger partial charge is 0.484 e. The Balaban J connectivity index is 1.62. The standard InChI is InChI=1S/C21H24N2O4/c1-15-4-3-5-18(12-15)27-14-20(24)22-17-7-8-19-16(13-17)6-9-21(25)23(19)10-11-26-2/h3-5,7-8,12-13H,6,9-11,14H2,1-2H3,(H,22,24). The number of hydrogen-bond acceptors (Lipinski definition) is 4. The summed E-state index contributed by atoms with van der Waals surface area (Å²) in [7, 11) is 1.62. The van der Waals surface area contributed by atoms with Gasteiger partial charge in [-0.1, -0.05) is 12.1 Å². The molecule has 1 heterocycles. The molecule has 2 aromatic carbocycles. The van der Waals surface area contributed by atoms with Crippen LogP contribution in [0, 0.1) is 6.92 Å². The van der Waals surface area contributed by atoms with Crippen LogP contribution in [-0.2, 0) is 20.7 Å². The van der Waals surface area contributed by atoms with E-state index in [9.17, 15) is 9.59 Å². The van der Waals surface area contributed by atoms with Gasteiger partial charge in [0.2, 0.25) is 5.91 Å². The van der Waals surface area contributed by atoms with Crippen LogP contribution in [0.4, 0.5) is 11.4 Å². The molecular formula is C21H24N2O4. The molecule has 0 saturated carbocycles. The van der Waals surface area contributed by atoms with Crippen LogP contribution < -0.4 is 15.0 Å². The third kappa shape index (κ3) is 4.86. The highest BCUT2D eigenvalue weighted by Crippen LogP contribution is 2.30. The van der Waals surface area contributed by atoms with Crippen LogP contribution in [0.15, 0.2) is 42.5 Å². The number of nitrogens with zero attached hydrogens (tertiary/aromatic N) is 1. The lowest BCUT2D eigenvalue weighted by Crippen LogP contribution is -2.37. The minimum absolute atomic E-state index is 0.0566. The summed E-state index contributed by atoms with van der Waals surface area (Å²) < 4.78 is 10.6. The lowest BCUT2D eigenvalue weighted by atomic mass is 10.0. The summed E-state index contributed by atoms with van der Waals surface area (Å²) in [5.41, 5.74) is 3.71. The first-order chi connectivity index (χ1) is 13.1. The van der Waals surface area contributed by atoms with Crippen LogP contribution >= 0.6 is 0 Å². The first kappa shape index (κ1) is 18.9. The Morgan fingerprint density at radius 3 is 2.81 bits per heavy atom. The molecule has 0 radical (unpaired) electrons. The van der Waals surface area contributed by atoms with E-state index in [1.807, 2.05) is 49.4 Å². The summed E-state index contributed by atoms with van der Waals surface area (Å²) >= 11 is 0. The first-order valence-corrected chi connectivity index (χ1v) is 8.98. The van der Waals surface area contributed by atoms with Crippen molar-refractivity contribution in [2.24, 2.45) is 0 Å². The Hall–Kier alpha value is -2.86. The Labute approximate surface area is 159 Å². The fourth-order valence-corrected chi connectivity index (χ4v) is 3.12. The third-order valence-electron chi connectivity index (χ3n) is 4.44. The number of carbonyl (C=O) groups excluding carboxylic acids is 2. The second-order valence-corrected chi connectivity index (χ2v) is 6.54. The summed E-state index contributed by atoms with van der Waals surface area (Å²) in [6.45, 7) is 2.93. The average Bonchev–Trinajstić information content (AvgIpc) is 2.66. The van der Waals surface area contributed by atoms with Crippen LogP contribution in [0.25, 0.3) is 0 Å². The number of anilines is 2. The van der Waals surface area contributed by atoms with Crippen LogP contribution in [0.2, 0.25) is 0 Å². The van der Waals surface area contributed by atoms with Gasteiger partial charge in [-0.3, -0.25) is 9.59 Å². The zero-order valence-electron chi connectivity index (χ0n) is 15.7. The van der Waals surface area contributed by atoms with Gasteiger partial charge in [0.25, 0.3) is 5.91 Å². The van der Waals surface area contributed by atoms with E-state index in [0.29, 0.717) is 37.4 Å². The maximum Gasteiger partial charge on any atom is 0.262 e. The minimum atomic E-state index is -0.223. The molecule has 2 amide bonds. The number of fused-ring (bicyclic) bond motifs is 1. The molecule has 3 rings (SSSR count). The lowest BCUT2D eigenvalue weighted by molar-refractivity contribution is -0.119. The van der Waals surface area contributed by atoms with E-state index in [2.05, 4.69) is 5.32 Å². The van der Waals surface area contributed by atoms with Crippen LogP contribution in [-0.4, -0.2) is 38.7 Å². The van der Waals surface area contributed by atoms with Gasteiger partial charge >= 0.3 is 0 Å². The fourth-order valence-electron chi connectivity index (χ4n) is 3.12. The van der Waals surface area contributed by atoms with Gasteiger partial charge < -0.3 is 19.7 Å². The molecule has 0 bridgehead atoms. The Bertz CT molecular complexity index is 835. The summed E-state index contributed by atoms with van der Waals surface area (Å²) in [5, 5.41) is 2.85. The van der Waals surface area contributed by atoms with Crippen molar-refractivity contribution in [3.8, 4) is 5.75 Å². The highest BCUT2D eigenvalue weighted by molar-refractivity contribution is 5.97. The molecule has 6 heteroatoms. The molecular weight excluding hydrogens is 344 g/mol. The van der Waals surface area contributed by atoms with Gasteiger partial charge in [0.15, 0.2) is 6.61 Å². The molecule has 0 spiro atoms. The van der Waals surface area contributed by atoms with Gasteiger partial charge in [0, 0.05) is 31.5 Å². The summed E-state index contributed by atoms with van der Waals surface area (Å²) in [4.78, 5) is 26.1. The van der Waals surface area contributed by atoms with E-state index in [1.165, 1.54) is 0 Å². The number of hydrogen-bond donors (Lipinski definition) is 1. The predicted octanol–water partition coefficient (Wildman–Crippen LogP) is 2.94. The molecule has 0 aromatic heterocycles. The van der Waals surface area contributed by atoms with Crippen molar-refractivity contribution < 1.29 is 19.1 Å². The normalized spacial score (nSPS) is 13.3. The summed E-state index contributed by atoms with van der Waals surface area (Å²) in [6.07, 6.45) is 1.13. The van der Waals surface area contributed by atoms with Gasteiger partial charge in [-0.2, -0.15) is 0 Å². The number of ether oxygens (including phenoxy) is 2. The van der Waals surface area contributed by atoms with E-state index in [4.69, 9.17) is 9.47 Å². The second-order valence-electron chi connectivity index (χ2n) is 6.54. The van der Waals surface area contributed by atoms with Crippen LogP contribution in [0.3, 0.4) is 0 Å². The average molecular weight is 368 g/mol. The molecule has 2 aromatic rings. The fraction of sp³-hybridized carbons (Fsp3) is 0.333. The van der Waals surface area contributed by atoms with E-state index < -0.39 is 0 Å². The Morgan fingerprint density at radius 2 is 2.04 bits per heavy atom. The zero-order valence-corrected chi connectivity index (χ0v) is 15.7. The van der Waals surface area contributed by atoms with Crippen molar-refractivity contribution in [2.45, 2.75) is 19.8 Å². The number of benzene rings is 2.